The molecule has 0 aromatic heterocycles. The maximum atomic E-state index is 14.6. The van der Waals surface area contributed by atoms with Crippen LogP contribution in [-0.4, -0.2) is 163 Å². The number of carbonyl (C=O) groups excluding carboxylic acids is 6. The van der Waals surface area contributed by atoms with E-state index in [0.29, 0.717) is 119 Å². The van der Waals surface area contributed by atoms with E-state index in [9.17, 15) is 43.0 Å². The first-order valence-electron chi connectivity index (χ1n) is 23.2. The highest BCUT2D eigenvalue weighted by molar-refractivity contribution is 6.24. The predicted molar refractivity (Wildman–Crippen MR) is 248 cm³/mol. The molecule has 1 unspecified atom stereocenters. The Balaban J connectivity index is 0.846. The van der Waals surface area contributed by atoms with Gasteiger partial charge in [-0.3, -0.25) is 54.3 Å². The molecule has 0 saturated carbocycles. The molecule has 6 aliphatic rings. The Kier molecular flexibility index (Phi) is 14.3. The molecule has 67 heavy (non-hydrogen) atoms. The van der Waals surface area contributed by atoms with Crippen LogP contribution in [0, 0.1) is 5.41 Å². The highest BCUT2D eigenvalue weighted by Gasteiger charge is 2.45. The topological polar surface area (TPSA) is 208 Å². The molecular weight excluding hydrogens is 865 g/mol. The minimum absolute atomic E-state index is 0.0392. The molecule has 1 atom stereocenters. The number of nitrogens with one attached hydrogen (secondary N) is 3. The number of piperidine rings is 2. The Morgan fingerprint density at radius 2 is 1.69 bits per heavy atom. The molecule has 6 aliphatic heterocycles. The maximum absolute atomic E-state index is 14.6. The van der Waals surface area contributed by atoms with Crippen LogP contribution in [0.5, 0.6) is 0 Å². The summed E-state index contributed by atoms with van der Waals surface area (Å²) in [6.45, 7) is 7.64. The summed E-state index contributed by atoms with van der Waals surface area (Å²) in [7, 11) is 1.55. The van der Waals surface area contributed by atoms with Crippen LogP contribution in [0.15, 0.2) is 52.8 Å². The normalized spacial score (nSPS) is 21.4. The van der Waals surface area contributed by atoms with E-state index in [2.05, 4.69) is 25.4 Å². The number of piperazine rings is 1. The molecule has 0 bridgehead atoms. The molecule has 356 valence electrons. The number of amidine groups is 1. The van der Waals surface area contributed by atoms with Gasteiger partial charge in [0.15, 0.2) is 0 Å². The van der Waals surface area contributed by atoms with Gasteiger partial charge in [0.05, 0.1) is 24.2 Å². The highest BCUT2D eigenvalue weighted by atomic mass is 19.3. The first-order valence-corrected chi connectivity index (χ1v) is 23.2. The van der Waals surface area contributed by atoms with Gasteiger partial charge >= 0.3 is 0 Å². The van der Waals surface area contributed by atoms with E-state index < -0.39 is 36.1 Å². The van der Waals surface area contributed by atoms with Crippen LogP contribution in [0.2, 0.25) is 0 Å². The Bertz CT molecular complexity index is 2440. The number of amides is 6. The average Bonchev–Trinajstić information content (AvgIpc) is 3.58. The van der Waals surface area contributed by atoms with E-state index in [1.807, 2.05) is 11.0 Å². The largest absolute Gasteiger partial charge is 0.404 e. The Labute approximate surface area is 388 Å². The molecule has 0 spiro atoms. The summed E-state index contributed by atoms with van der Waals surface area (Å²) in [5.41, 5.74) is 10.6. The van der Waals surface area contributed by atoms with Crippen LogP contribution in [0.3, 0.4) is 0 Å². The summed E-state index contributed by atoms with van der Waals surface area (Å²) in [4.78, 5) is 92.1. The summed E-state index contributed by atoms with van der Waals surface area (Å²) in [6, 6.07) is 7.42. The van der Waals surface area contributed by atoms with E-state index >= 15 is 0 Å². The number of aliphatic imine (C=N–C) groups is 1. The first kappa shape index (κ1) is 47.2. The van der Waals surface area contributed by atoms with Crippen molar-refractivity contribution in [1.82, 2.24) is 35.1 Å². The summed E-state index contributed by atoms with van der Waals surface area (Å²) in [5, 5.41) is 15.5. The van der Waals surface area contributed by atoms with Crippen LogP contribution in [-0.2, 0) is 32.0 Å². The van der Waals surface area contributed by atoms with Crippen molar-refractivity contribution >= 4 is 58.8 Å². The third-order valence-corrected chi connectivity index (χ3v) is 14.0. The highest BCUT2D eigenvalue weighted by Crippen LogP contribution is 2.38. The predicted octanol–water partition coefficient (Wildman–Crippen LogP) is 2.70. The van der Waals surface area contributed by atoms with Crippen LogP contribution < -0.4 is 21.3 Å². The van der Waals surface area contributed by atoms with Crippen molar-refractivity contribution < 1.29 is 37.5 Å². The lowest BCUT2D eigenvalue weighted by Gasteiger charge is -2.40. The fraction of sp³-hybridized carbons (Fsp3) is 0.500. The molecule has 2 aromatic carbocycles. The number of rotatable bonds is 12. The molecule has 0 radical (unpaired) electrons. The maximum Gasteiger partial charge on any atom is 0.264 e. The second-order valence-electron chi connectivity index (χ2n) is 18.1. The van der Waals surface area contributed by atoms with Gasteiger partial charge in [-0.2, -0.15) is 0 Å². The average molecular weight is 924 g/mol. The molecule has 19 heteroatoms. The number of anilines is 1. The van der Waals surface area contributed by atoms with Gasteiger partial charge in [-0.15, -0.1) is 0 Å². The molecule has 6 amide bonds. The van der Waals surface area contributed by atoms with Gasteiger partial charge in [0.1, 0.15) is 11.9 Å². The zero-order chi connectivity index (χ0) is 47.5. The zero-order valence-corrected chi connectivity index (χ0v) is 38.1. The summed E-state index contributed by atoms with van der Waals surface area (Å²) >= 11 is 0. The van der Waals surface area contributed by atoms with E-state index in [1.165, 1.54) is 25.4 Å². The summed E-state index contributed by atoms with van der Waals surface area (Å²) < 4.78 is 29.1. The van der Waals surface area contributed by atoms with Gasteiger partial charge in [-0.1, -0.05) is 12.1 Å². The van der Waals surface area contributed by atoms with E-state index in [4.69, 9.17) is 5.73 Å². The molecule has 3 fully saturated rings. The molecule has 5 N–H and O–H groups in total. The minimum Gasteiger partial charge on any atom is -0.404 e. The number of hydrogen-bond donors (Lipinski definition) is 4. The second-order valence-corrected chi connectivity index (χ2v) is 18.1. The van der Waals surface area contributed by atoms with Gasteiger partial charge in [0.25, 0.3) is 18.2 Å². The smallest absolute Gasteiger partial charge is 0.264 e. The molecule has 2 aromatic rings. The van der Waals surface area contributed by atoms with E-state index in [1.54, 1.807) is 35.0 Å². The summed E-state index contributed by atoms with van der Waals surface area (Å²) in [6.07, 6.45) is 3.92. The number of benzene rings is 2. The van der Waals surface area contributed by atoms with Crippen molar-refractivity contribution in [3.8, 4) is 0 Å². The lowest BCUT2D eigenvalue weighted by Crippen LogP contribution is -2.54. The molecule has 17 nitrogen and oxygen atoms in total. The van der Waals surface area contributed by atoms with Crippen LogP contribution in [0.1, 0.15) is 94.8 Å². The van der Waals surface area contributed by atoms with Crippen LogP contribution in [0.25, 0.3) is 5.57 Å². The number of imide groups is 2. The van der Waals surface area contributed by atoms with Crippen LogP contribution in [0.4, 0.5) is 14.5 Å². The number of nitrogens with zero attached hydrogens (tertiary/aromatic N) is 7. The van der Waals surface area contributed by atoms with Gasteiger partial charge in [-0.05, 0) is 73.4 Å². The number of halogens is 2. The number of nitrogens with two attached hydrogens (primary N) is 1. The quantitative estimate of drug-likeness (QED) is 0.138. The minimum atomic E-state index is -2.78. The SMILES string of the molecule is CN=C/C(=C\N)c1cc2c(cc1C(F)F)N(C(=N)C1=C(NC3CCN(C(=O)CN4CCN(CCc5cccc6c5C(=O)N(C5CCC(=O)NC5=O)C6=O)CC4)CC3)CCN(C(C)=O)C1)CCC2. The van der Waals surface area contributed by atoms with Crippen molar-refractivity contribution in [3.05, 3.63) is 81.2 Å². The number of allylic oxidation sites excluding steroid dienone is 1. The monoisotopic (exact) mass is 923 g/mol. The van der Waals surface area contributed by atoms with Crippen molar-refractivity contribution in [2.45, 2.75) is 76.8 Å². The van der Waals surface area contributed by atoms with Crippen LogP contribution >= 0.6 is 0 Å². The fourth-order valence-electron chi connectivity index (χ4n) is 10.3. The number of alkyl halides is 2. The Hall–Kier alpha value is -6.34. The molecule has 6 heterocycles. The van der Waals surface area contributed by atoms with Crippen molar-refractivity contribution in [3.63, 3.8) is 0 Å². The molecular formula is C48H59F2N11O6. The van der Waals surface area contributed by atoms with Gasteiger partial charge in [0.2, 0.25) is 23.6 Å². The number of aryl methyl sites for hydroxylation is 1. The summed E-state index contributed by atoms with van der Waals surface area (Å²) in [5.74, 6) is -1.94. The van der Waals surface area contributed by atoms with Gasteiger partial charge in [-0.25, -0.2) is 8.78 Å². The second kappa shape index (κ2) is 20.3. The number of likely N-dealkylation sites (tertiary alicyclic amines) is 1. The van der Waals surface area contributed by atoms with E-state index in [0.717, 1.165) is 34.8 Å². The molecule has 3 saturated heterocycles. The number of hydrogen-bond acceptors (Lipinski definition) is 12. The fourth-order valence-corrected chi connectivity index (χ4v) is 10.3. The molecule has 0 aliphatic carbocycles. The first-order chi connectivity index (χ1) is 32.3. The van der Waals surface area contributed by atoms with Crippen molar-refractivity contribution in [1.29, 1.82) is 5.41 Å². The number of carbonyl (C=O) groups is 6. The van der Waals surface area contributed by atoms with E-state index in [-0.39, 0.29) is 54.2 Å². The Morgan fingerprint density at radius 1 is 0.940 bits per heavy atom. The standard InChI is InChI=1S/C48H59F2N11O6/c1-29(62)59-18-13-38(37(27-59)45(52)60-14-4-6-31-23-35(32(25-51)26-53-2)36(44(49)50)24-40(31)60)54-33-11-16-58(17-12-33)42(64)28-57-21-19-56(20-22-57)15-10-30-5-3-7-34-43(30)48(67)61(47(34)66)39-8-9-41(63)55-46(39)65/h3,5,7,23-26,33,39,44,52,54H,4,6,8-22,27-28,51H2,1-2H3,(H,55,63,65)/b32-25+,52-45?,53-26?. The molecule has 8 rings (SSSR count). The van der Waals surface area contributed by atoms with Crippen molar-refractivity contribution in [2.24, 2.45) is 10.7 Å². The third-order valence-electron chi connectivity index (χ3n) is 14.0. The lowest BCUT2D eigenvalue weighted by molar-refractivity contribution is -0.136. The zero-order valence-electron chi connectivity index (χ0n) is 38.1. The van der Waals surface area contributed by atoms with Gasteiger partial charge < -0.3 is 30.7 Å². The lowest BCUT2D eigenvalue weighted by atomic mass is 9.91. The number of fused-ring (bicyclic) bond motifs is 2. The van der Waals surface area contributed by atoms with Crippen molar-refractivity contribution in [2.75, 3.05) is 83.9 Å². The van der Waals surface area contributed by atoms with Gasteiger partial charge in [0, 0.05) is 132 Å². The Morgan fingerprint density at radius 3 is 2.37 bits per heavy atom. The third kappa shape index (κ3) is 9.88.